The first-order chi connectivity index (χ1) is 8.74. The molecule has 3 aliphatic heterocycles. The van der Waals surface area contributed by atoms with Crippen molar-refractivity contribution in [1.82, 2.24) is 15.1 Å². The molecule has 0 radical (unpaired) electrons. The monoisotopic (exact) mass is 251 g/mol. The van der Waals surface area contributed by atoms with Crippen molar-refractivity contribution in [2.45, 2.75) is 57.2 Å². The zero-order chi connectivity index (χ0) is 12.5. The lowest BCUT2D eigenvalue weighted by Gasteiger charge is -2.39. The summed E-state index contributed by atoms with van der Waals surface area (Å²) < 4.78 is 0. The van der Waals surface area contributed by atoms with E-state index in [0.29, 0.717) is 0 Å². The van der Waals surface area contributed by atoms with Crippen molar-refractivity contribution in [2.24, 2.45) is 5.92 Å². The van der Waals surface area contributed by atoms with E-state index in [1.807, 2.05) is 0 Å². The van der Waals surface area contributed by atoms with Crippen LogP contribution in [0.1, 0.15) is 39.0 Å². The summed E-state index contributed by atoms with van der Waals surface area (Å²) in [7, 11) is 2.28. The third-order valence-electron chi connectivity index (χ3n) is 5.54. The molecule has 104 valence electrons. The zero-order valence-electron chi connectivity index (χ0n) is 12.1. The second-order valence-electron chi connectivity index (χ2n) is 6.78. The fraction of sp³-hybridized carbons (Fsp3) is 1.00. The highest BCUT2D eigenvalue weighted by molar-refractivity contribution is 4.92. The number of likely N-dealkylation sites (tertiary alicyclic amines) is 2. The third kappa shape index (κ3) is 2.59. The molecule has 18 heavy (non-hydrogen) atoms. The Kier molecular flexibility index (Phi) is 3.92. The van der Waals surface area contributed by atoms with E-state index in [4.69, 9.17) is 0 Å². The molecule has 3 nitrogen and oxygen atoms in total. The molecular formula is C15H29N3. The van der Waals surface area contributed by atoms with Gasteiger partial charge in [-0.05, 0) is 65.1 Å². The molecule has 4 unspecified atom stereocenters. The summed E-state index contributed by atoms with van der Waals surface area (Å²) >= 11 is 0. The van der Waals surface area contributed by atoms with Crippen molar-refractivity contribution in [3.05, 3.63) is 0 Å². The molecule has 0 amide bonds. The van der Waals surface area contributed by atoms with E-state index in [0.717, 1.165) is 24.0 Å². The minimum absolute atomic E-state index is 0.778. The Morgan fingerprint density at radius 1 is 1.11 bits per heavy atom. The van der Waals surface area contributed by atoms with Crippen LogP contribution in [-0.2, 0) is 0 Å². The van der Waals surface area contributed by atoms with Crippen molar-refractivity contribution in [1.29, 1.82) is 0 Å². The number of hydrogen-bond acceptors (Lipinski definition) is 3. The average molecular weight is 251 g/mol. The molecule has 0 spiro atoms. The molecule has 0 aromatic heterocycles. The quantitative estimate of drug-likeness (QED) is 0.803. The molecular weight excluding hydrogens is 222 g/mol. The Bertz CT molecular complexity index is 265. The van der Waals surface area contributed by atoms with Gasteiger partial charge >= 0.3 is 0 Å². The Balaban J connectivity index is 1.57. The molecule has 4 atom stereocenters. The number of likely N-dealkylation sites (N-methyl/N-ethyl adjacent to an activating group) is 1. The van der Waals surface area contributed by atoms with E-state index >= 15 is 0 Å². The average Bonchev–Trinajstić information content (AvgIpc) is 3.01. The van der Waals surface area contributed by atoms with Crippen molar-refractivity contribution < 1.29 is 0 Å². The highest BCUT2D eigenvalue weighted by Crippen LogP contribution is 2.29. The van der Waals surface area contributed by atoms with Crippen LogP contribution < -0.4 is 5.32 Å². The topological polar surface area (TPSA) is 18.5 Å². The molecule has 0 saturated carbocycles. The van der Waals surface area contributed by atoms with Gasteiger partial charge in [-0.1, -0.05) is 0 Å². The van der Waals surface area contributed by atoms with Crippen molar-refractivity contribution in [3.8, 4) is 0 Å². The van der Waals surface area contributed by atoms with Crippen LogP contribution >= 0.6 is 0 Å². The fourth-order valence-corrected chi connectivity index (χ4v) is 4.24. The predicted octanol–water partition coefficient (Wildman–Crippen LogP) is 1.54. The first-order valence-electron chi connectivity index (χ1n) is 7.91. The summed E-state index contributed by atoms with van der Waals surface area (Å²) in [6.45, 7) is 7.60. The molecule has 3 heterocycles. The van der Waals surface area contributed by atoms with E-state index in [1.54, 1.807) is 0 Å². The Morgan fingerprint density at radius 2 is 2.00 bits per heavy atom. The van der Waals surface area contributed by atoms with E-state index in [1.165, 1.54) is 58.3 Å². The van der Waals surface area contributed by atoms with Gasteiger partial charge in [-0.15, -0.1) is 0 Å². The van der Waals surface area contributed by atoms with Crippen molar-refractivity contribution in [2.75, 3.05) is 33.2 Å². The van der Waals surface area contributed by atoms with Crippen LogP contribution in [0.2, 0.25) is 0 Å². The lowest BCUT2D eigenvalue weighted by atomic mass is 9.89. The second kappa shape index (κ2) is 5.48. The van der Waals surface area contributed by atoms with Crippen LogP contribution in [0, 0.1) is 5.92 Å². The Morgan fingerprint density at radius 3 is 2.67 bits per heavy atom. The molecule has 3 fully saturated rings. The standard InChI is InChI=1S/C15H29N3/c1-12-9-14(11-17(12)2)18-8-4-5-13(10-18)15-6-3-7-16-15/h12-16H,3-11H2,1-2H3. The van der Waals surface area contributed by atoms with Crippen LogP contribution in [0.15, 0.2) is 0 Å². The first-order valence-corrected chi connectivity index (χ1v) is 7.91. The molecule has 0 aromatic rings. The molecule has 0 aliphatic carbocycles. The van der Waals surface area contributed by atoms with E-state index in [-0.39, 0.29) is 0 Å². The normalized spacial score (nSPS) is 43.7. The summed E-state index contributed by atoms with van der Waals surface area (Å²) in [6.07, 6.45) is 7.05. The predicted molar refractivity (Wildman–Crippen MR) is 75.8 cm³/mol. The zero-order valence-corrected chi connectivity index (χ0v) is 12.1. The molecule has 0 bridgehead atoms. The van der Waals surface area contributed by atoms with E-state index in [2.05, 4.69) is 29.1 Å². The summed E-state index contributed by atoms with van der Waals surface area (Å²) in [5.41, 5.74) is 0. The van der Waals surface area contributed by atoms with Gasteiger partial charge in [-0.2, -0.15) is 0 Å². The van der Waals surface area contributed by atoms with Crippen molar-refractivity contribution >= 4 is 0 Å². The van der Waals surface area contributed by atoms with Crippen molar-refractivity contribution in [3.63, 3.8) is 0 Å². The molecule has 3 aliphatic rings. The molecule has 0 aromatic carbocycles. The highest BCUT2D eigenvalue weighted by atomic mass is 15.3. The summed E-state index contributed by atoms with van der Waals surface area (Å²) in [5, 5.41) is 3.72. The maximum atomic E-state index is 3.72. The number of nitrogens with zero attached hydrogens (tertiary/aromatic N) is 2. The maximum absolute atomic E-state index is 3.72. The van der Waals surface area contributed by atoms with Crippen LogP contribution in [0.5, 0.6) is 0 Å². The number of rotatable bonds is 2. The fourth-order valence-electron chi connectivity index (χ4n) is 4.24. The van der Waals surface area contributed by atoms with Gasteiger partial charge in [0, 0.05) is 31.2 Å². The lowest BCUT2D eigenvalue weighted by Crippen LogP contribution is -2.48. The summed E-state index contributed by atoms with van der Waals surface area (Å²) in [5.74, 6) is 0.919. The molecule has 3 rings (SSSR count). The number of piperidine rings is 1. The minimum Gasteiger partial charge on any atom is -0.314 e. The van der Waals surface area contributed by atoms with Gasteiger partial charge in [0.1, 0.15) is 0 Å². The van der Waals surface area contributed by atoms with Gasteiger partial charge in [0.25, 0.3) is 0 Å². The second-order valence-corrected chi connectivity index (χ2v) is 6.78. The first kappa shape index (κ1) is 12.9. The van der Waals surface area contributed by atoms with Crippen LogP contribution in [0.25, 0.3) is 0 Å². The molecule has 3 heteroatoms. The molecule has 3 saturated heterocycles. The molecule has 1 N–H and O–H groups in total. The number of nitrogens with one attached hydrogen (secondary N) is 1. The van der Waals surface area contributed by atoms with Gasteiger partial charge in [0.05, 0.1) is 0 Å². The lowest BCUT2D eigenvalue weighted by molar-refractivity contribution is 0.110. The van der Waals surface area contributed by atoms with E-state index in [9.17, 15) is 0 Å². The van der Waals surface area contributed by atoms with E-state index < -0.39 is 0 Å². The Hall–Kier alpha value is -0.120. The maximum Gasteiger partial charge on any atom is 0.0238 e. The van der Waals surface area contributed by atoms with Crippen LogP contribution in [0.3, 0.4) is 0 Å². The van der Waals surface area contributed by atoms with Gasteiger partial charge in [-0.25, -0.2) is 0 Å². The van der Waals surface area contributed by atoms with Gasteiger partial charge in [-0.3, -0.25) is 4.90 Å². The summed E-state index contributed by atoms with van der Waals surface area (Å²) in [4.78, 5) is 5.33. The van der Waals surface area contributed by atoms with Gasteiger partial charge in [0.15, 0.2) is 0 Å². The Labute approximate surface area is 112 Å². The van der Waals surface area contributed by atoms with Crippen LogP contribution in [-0.4, -0.2) is 61.2 Å². The third-order valence-corrected chi connectivity index (χ3v) is 5.54. The largest absolute Gasteiger partial charge is 0.314 e. The smallest absolute Gasteiger partial charge is 0.0238 e. The minimum atomic E-state index is 0.778. The van der Waals surface area contributed by atoms with Gasteiger partial charge < -0.3 is 10.2 Å². The van der Waals surface area contributed by atoms with Crippen LogP contribution in [0.4, 0.5) is 0 Å². The summed E-state index contributed by atoms with van der Waals surface area (Å²) in [6, 6.07) is 2.43. The van der Waals surface area contributed by atoms with Gasteiger partial charge in [0.2, 0.25) is 0 Å². The highest BCUT2D eigenvalue weighted by Gasteiger charge is 2.35. The SMILES string of the molecule is CC1CC(N2CCCC(C3CCCN3)C2)CN1C. The number of hydrogen-bond donors (Lipinski definition) is 1.